The summed E-state index contributed by atoms with van der Waals surface area (Å²) < 4.78 is 1.94. The number of para-hydroxylation sites is 1. The molecule has 0 radical (unpaired) electrons. The quantitative estimate of drug-likeness (QED) is 0.200. The highest BCUT2D eigenvalue weighted by Crippen LogP contribution is 2.33. The van der Waals surface area contributed by atoms with E-state index in [0.29, 0.717) is 5.04 Å². The molecule has 0 saturated heterocycles. The Hall–Kier alpha value is -1.04. The van der Waals surface area contributed by atoms with E-state index in [-0.39, 0.29) is 9.65 Å². The zero-order valence-electron chi connectivity index (χ0n) is 12.5. The molecule has 122 valence electrons. The number of fused-ring (bicyclic) bond motifs is 1. The van der Waals surface area contributed by atoms with Crippen LogP contribution < -0.4 is 0 Å². The van der Waals surface area contributed by atoms with E-state index in [9.17, 15) is 0 Å². The van der Waals surface area contributed by atoms with Crippen LogP contribution in [0.5, 0.6) is 0 Å². The summed E-state index contributed by atoms with van der Waals surface area (Å²) in [5.74, 6) is 0. The summed E-state index contributed by atoms with van der Waals surface area (Å²) in [5, 5.41) is 0.750. The monoisotopic (exact) mass is 412 g/mol. The number of aryl methyl sites for hydroxylation is 1. The maximum Gasteiger partial charge on any atom is 0.160 e. The van der Waals surface area contributed by atoms with Crippen LogP contribution in [0.25, 0.3) is 10.2 Å². The van der Waals surface area contributed by atoms with E-state index >= 15 is 0 Å². The Morgan fingerprint density at radius 1 is 1.04 bits per heavy atom. The van der Waals surface area contributed by atoms with Gasteiger partial charge in [-0.1, -0.05) is 76.8 Å². The van der Waals surface area contributed by atoms with Gasteiger partial charge in [0.1, 0.15) is 9.54 Å². The van der Waals surface area contributed by atoms with E-state index in [2.05, 4.69) is 9.98 Å². The first-order valence-corrected chi connectivity index (χ1v) is 9.69. The average molecular weight is 414 g/mol. The molecule has 0 aliphatic heterocycles. The van der Waals surface area contributed by atoms with E-state index in [1.165, 1.54) is 17.3 Å². The molecule has 1 heterocycles. The van der Waals surface area contributed by atoms with Crippen LogP contribution in [0, 0.1) is 6.92 Å². The number of nitrogens with zero attached hydrogens (tertiary/aromatic N) is 2. The van der Waals surface area contributed by atoms with Crippen molar-refractivity contribution in [2.75, 3.05) is 0 Å². The van der Waals surface area contributed by atoms with Crippen LogP contribution in [-0.4, -0.2) is 10.0 Å². The number of halogens is 3. The van der Waals surface area contributed by atoms with Gasteiger partial charge in [-0.05, 0) is 30.8 Å². The molecule has 0 aliphatic rings. The lowest BCUT2D eigenvalue weighted by Gasteiger charge is -2.05. The van der Waals surface area contributed by atoms with E-state index in [1.54, 1.807) is 11.3 Å². The minimum Gasteiger partial charge on any atom is -0.229 e. The van der Waals surface area contributed by atoms with Crippen molar-refractivity contribution in [1.82, 2.24) is 4.98 Å². The molecular formula is C17H11Cl3N2S2. The Balaban J connectivity index is 2.01. The van der Waals surface area contributed by atoms with Gasteiger partial charge < -0.3 is 0 Å². The van der Waals surface area contributed by atoms with Gasteiger partial charge in [-0.15, -0.1) is 11.3 Å². The van der Waals surface area contributed by atoms with Crippen LogP contribution in [0.2, 0.25) is 0 Å². The van der Waals surface area contributed by atoms with Gasteiger partial charge in [-0.2, -0.15) is 0 Å². The molecule has 0 aliphatic carbocycles. The highest BCUT2D eigenvalue weighted by molar-refractivity contribution is 8.15. The molecule has 0 unspecified atom stereocenters. The predicted octanol–water partition coefficient (Wildman–Crippen LogP) is 6.99. The maximum atomic E-state index is 6.03. The van der Waals surface area contributed by atoms with Gasteiger partial charge in [0.15, 0.2) is 9.50 Å². The third-order valence-electron chi connectivity index (χ3n) is 3.11. The molecule has 24 heavy (non-hydrogen) atoms. The number of aliphatic imine (C=N–C) groups is 1. The molecule has 1 aromatic heterocycles. The molecule has 3 rings (SSSR count). The Morgan fingerprint density at radius 2 is 1.75 bits per heavy atom. The van der Waals surface area contributed by atoms with E-state index < -0.39 is 0 Å². The van der Waals surface area contributed by atoms with Crippen molar-refractivity contribution in [3.8, 4) is 0 Å². The number of hydrogen-bond donors (Lipinski definition) is 0. The second kappa shape index (κ2) is 7.89. The summed E-state index contributed by atoms with van der Waals surface area (Å²) in [4.78, 5) is 8.99. The second-order valence-electron chi connectivity index (χ2n) is 4.88. The van der Waals surface area contributed by atoms with Gasteiger partial charge in [0.25, 0.3) is 0 Å². The Bertz CT molecular complexity index is 893. The molecule has 0 N–H and O–H groups in total. The van der Waals surface area contributed by atoms with Crippen molar-refractivity contribution in [2.24, 2.45) is 4.99 Å². The van der Waals surface area contributed by atoms with Crippen LogP contribution >= 0.6 is 57.9 Å². The third-order valence-corrected chi connectivity index (χ3v) is 6.05. The van der Waals surface area contributed by atoms with Crippen LogP contribution in [-0.2, 0) is 0 Å². The highest BCUT2D eigenvalue weighted by atomic mass is 35.5. The van der Waals surface area contributed by atoms with E-state index in [4.69, 9.17) is 34.8 Å². The van der Waals surface area contributed by atoms with Crippen LogP contribution in [0.3, 0.4) is 0 Å². The topological polar surface area (TPSA) is 25.2 Å². The molecule has 0 spiro atoms. The molecule has 0 atom stereocenters. The first kappa shape index (κ1) is 17.8. The summed E-state index contributed by atoms with van der Waals surface area (Å²) in [6.07, 6.45) is 0. The Morgan fingerprint density at radius 3 is 2.42 bits per heavy atom. The lowest BCUT2D eigenvalue weighted by molar-refractivity contribution is 1.31. The SMILES string of the molecule is Cc1ccc(/C(=N/C(Cl)=C(Cl)Cl)Sc2nc3ccccc3s2)cc1. The fourth-order valence-corrected chi connectivity index (χ4v) is 4.24. The molecule has 2 nitrogen and oxygen atoms in total. The van der Waals surface area contributed by atoms with Gasteiger partial charge in [-0.3, -0.25) is 0 Å². The zero-order valence-corrected chi connectivity index (χ0v) is 16.4. The molecule has 2 aromatic carbocycles. The number of rotatable bonds is 3. The number of hydrogen-bond acceptors (Lipinski definition) is 4. The second-order valence-corrected chi connectivity index (χ2v) is 8.46. The van der Waals surface area contributed by atoms with Crippen molar-refractivity contribution in [3.63, 3.8) is 0 Å². The summed E-state index contributed by atoms with van der Waals surface area (Å²) >= 11 is 20.6. The summed E-state index contributed by atoms with van der Waals surface area (Å²) in [5.41, 5.74) is 3.06. The Labute approximate surface area is 163 Å². The van der Waals surface area contributed by atoms with Gasteiger partial charge >= 0.3 is 0 Å². The molecule has 7 heteroatoms. The van der Waals surface area contributed by atoms with Crippen LogP contribution in [0.4, 0.5) is 0 Å². The predicted molar refractivity (Wildman–Crippen MR) is 108 cm³/mol. The molecular weight excluding hydrogens is 403 g/mol. The molecule has 3 aromatic rings. The lowest BCUT2D eigenvalue weighted by Crippen LogP contribution is -1.96. The zero-order chi connectivity index (χ0) is 17.1. The van der Waals surface area contributed by atoms with E-state index in [1.807, 2.05) is 55.5 Å². The fraction of sp³-hybridized carbons (Fsp3) is 0.0588. The largest absolute Gasteiger partial charge is 0.229 e. The van der Waals surface area contributed by atoms with Crippen molar-refractivity contribution in [1.29, 1.82) is 0 Å². The highest BCUT2D eigenvalue weighted by Gasteiger charge is 2.12. The van der Waals surface area contributed by atoms with Gasteiger partial charge in [0.2, 0.25) is 0 Å². The number of aromatic nitrogens is 1. The molecule has 0 fully saturated rings. The van der Waals surface area contributed by atoms with E-state index in [0.717, 1.165) is 20.1 Å². The van der Waals surface area contributed by atoms with Crippen LogP contribution in [0.15, 0.2) is 67.5 Å². The van der Waals surface area contributed by atoms with Crippen molar-refractivity contribution in [2.45, 2.75) is 11.3 Å². The Kier molecular flexibility index (Phi) is 5.85. The molecule has 0 bridgehead atoms. The first-order valence-electron chi connectivity index (χ1n) is 6.93. The van der Waals surface area contributed by atoms with Gasteiger partial charge in [0.05, 0.1) is 10.2 Å². The normalized spacial score (nSPS) is 11.8. The standard InChI is InChI=1S/C17H11Cl3N2S2/c1-10-6-8-11(9-7-10)16(22-15(20)14(18)19)24-17-21-12-4-2-3-5-13(12)23-17/h2-9H,1H3/b22-16-. The summed E-state index contributed by atoms with van der Waals surface area (Å²) in [6.45, 7) is 2.03. The molecule has 0 saturated carbocycles. The van der Waals surface area contributed by atoms with Crippen LogP contribution in [0.1, 0.15) is 11.1 Å². The maximum absolute atomic E-state index is 6.03. The number of thioether (sulfide) groups is 1. The molecule has 0 amide bonds. The fourth-order valence-electron chi connectivity index (χ4n) is 1.95. The lowest BCUT2D eigenvalue weighted by atomic mass is 10.2. The average Bonchev–Trinajstić information content (AvgIpc) is 2.97. The number of thiazole rings is 1. The van der Waals surface area contributed by atoms with Gasteiger partial charge in [-0.25, -0.2) is 9.98 Å². The van der Waals surface area contributed by atoms with Crippen molar-refractivity contribution >= 4 is 73.2 Å². The smallest absolute Gasteiger partial charge is 0.160 e. The van der Waals surface area contributed by atoms with Crippen molar-refractivity contribution < 1.29 is 0 Å². The third kappa shape index (κ3) is 4.32. The van der Waals surface area contributed by atoms with Crippen molar-refractivity contribution in [3.05, 3.63) is 69.3 Å². The first-order chi connectivity index (χ1) is 11.5. The van der Waals surface area contributed by atoms with Gasteiger partial charge in [0, 0.05) is 5.56 Å². The minimum atomic E-state index is -0.0637. The summed E-state index contributed by atoms with van der Waals surface area (Å²) in [7, 11) is 0. The minimum absolute atomic E-state index is 0.0579. The summed E-state index contributed by atoms with van der Waals surface area (Å²) in [6, 6.07) is 16.0. The number of benzene rings is 2.